The van der Waals surface area contributed by atoms with Crippen molar-refractivity contribution < 1.29 is 18.7 Å². The highest BCUT2D eigenvalue weighted by atomic mass is 28.4. The standard InChI is InChI=1S/C36H63NO4Si/c1-35(2,3)41-34(38)37-33-28-27-32(39-7)30-31(33)26-24-22-20-18-16-14-12-10-11-13-15-17-19-21-23-25-29-40-42(8,9)36(4,5)6/h27-28,30H,10-23,25,29H2,1-9H3,(H,37,38). The van der Waals surface area contributed by atoms with Gasteiger partial charge in [0.25, 0.3) is 0 Å². The summed E-state index contributed by atoms with van der Waals surface area (Å²) in [6.07, 6.45) is 18.8. The lowest BCUT2D eigenvalue weighted by molar-refractivity contribution is 0.0636. The third-order valence-electron chi connectivity index (χ3n) is 8.05. The summed E-state index contributed by atoms with van der Waals surface area (Å²) in [4.78, 5) is 12.2. The van der Waals surface area contributed by atoms with Crippen molar-refractivity contribution in [2.45, 2.75) is 162 Å². The van der Waals surface area contributed by atoms with E-state index in [2.05, 4.69) is 51.0 Å². The van der Waals surface area contributed by atoms with Gasteiger partial charge in [0.2, 0.25) is 0 Å². The molecule has 0 saturated heterocycles. The predicted molar refractivity (Wildman–Crippen MR) is 182 cm³/mol. The van der Waals surface area contributed by atoms with E-state index in [0.29, 0.717) is 16.5 Å². The van der Waals surface area contributed by atoms with E-state index in [9.17, 15) is 4.79 Å². The van der Waals surface area contributed by atoms with Gasteiger partial charge in [0.15, 0.2) is 8.32 Å². The number of nitrogens with one attached hydrogen (secondary N) is 1. The summed E-state index contributed by atoms with van der Waals surface area (Å²) in [6.45, 7) is 18.1. The third-order valence-corrected chi connectivity index (χ3v) is 12.6. The molecule has 0 saturated carbocycles. The molecule has 6 heteroatoms. The minimum absolute atomic E-state index is 0.317. The highest BCUT2D eigenvalue weighted by molar-refractivity contribution is 6.74. The smallest absolute Gasteiger partial charge is 0.412 e. The van der Waals surface area contributed by atoms with Crippen molar-refractivity contribution in [1.82, 2.24) is 0 Å². The van der Waals surface area contributed by atoms with Gasteiger partial charge in [-0.05, 0) is 69.9 Å². The fourth-order valence-corrected chi connectivity index (χ4v) is 5.50. The van der Waals surface area contributed by atoms with Crippen molar-refractivity contribution in [2.75, 3.05) is 19.0 Å². The minimum atomic E-state index is -1.56. The summed E-state index contributed by atoms with van der Waals surface area (Å²) in [5.41, 5.74) is 0.829. The van der Waals surface area contributed by atoms with Gasteiger partial charge in [0.05, 0.1) is 18.4 Å². The van der Waals surface area contributed by atoms with Crippen molar-refractivity contribution in [3.63, 3.8) is 0 Å². The van der Waals surface area contributed by atoms with Crippen LogP contribution in [-0.4, -0.2) is 33.7 Å². The van der Waals surface area contributed by atoms with Crippen LogP contribution in [0.25, 0.3) is 0 Å². The zero-order valence-electron chi connectivity index (χ0n) is 28.7. The van der Waals surface area contributed by atoms with Gasteiger partial charge in [-0.2, -0.15) is 0 Å². The first-order valence-corrected chi connectivity index (χ1v) is 19.5. The highest BCUT2D eigenvalue weighted by Gasteiger charge is 2.36. The first-order chi connectivity index (χ1) is 19.7. The van der Waals surface area contributed by atoms with Crippen molar-refractivity contribution >= 4 is 20.1 Å². The van der Waals surface area contributed by atoms with Crippen LogP contribution >= 0.6 is 0 Å². The number of amides is 1. The molecule has 1 rings (SSSR count). The van der Waals surface area contributed by atoms with Crippen LogP contribution < -0.4 is 10.1 Å². The zero-order chi connectivity index (χ0) is 31.5. The highest BCUT2D eigenvalue weighted by Crippen LogP contribution is 2.36. The van der Waals surface area contributed by atoms with Crippen LogP contribution in [0, 0.1) is 11.8 Å². The molecule has 42 heavy (non-hydrogen) atoms. The number of anilines is 1. The Balaban J connectivity index is 2.07. The van der Waals surface area contributed by atoms with Crippen LogP contribution in [0.1, 0.15) is 143 Å². The summed E-state index contributed by atoms with van der Waals surface area (Å²) >= 11 is 0. The predicted octanol–water partition coefficient (Wildman–Crippen LogP) is 11.3. The Morgan fingerprint density at radius 3 is 1.76 bits per heavy atom. The average molecular weight is 602 g/mol. The Hall–Kier alpha value is -1.97. The molecule has 0 atom stereocenters. The molecular formula is C36H63NO4Si. The number of ether oxygens (including phenoxy) is 2. The van der Waals surface area contributed by atoms with Crippen molar-refractivity contribution in [2.24, 2.45) is 0 Å². The number of hydrogen-bond acceptors (Lipinski definition) is 4. The van der Waals surface area contributed by atoms with Crippen molar-refractivity contribution in [3.8, 4) is 17.6 Å². The molecule has 0 aliphatic carbocycles. The van der Waals surface area contributed by atoms with Gasteiger partial charge in [-0.3, -0.25) is 5.32 Å². The van der Waals surface area contributed by atoms with Crippen molar-refractivity contribution in [1.29, 1.82) is 0 Å². The number of rotatable bonds is 19. The Labute approximate surface area is 260 Å². The number of unbranched alkanes of at least 4 members (excludes halogenated alkanes) is 14. The second kappa shape index (κ2) is 20.1. The number of hydrogen-bond donors (Lipinski definition) is 1. The van der Waals surface area contributed by atoms with Gasteiger partial charge in [-0.25, -0.2) is 4.79 Å². The van der Waals surface area contributed by atoms with Crippen LogP contribution in [0.2, 0.25) is 18.1 Å². The first kappa shape index (κ1) is 38.1. The number of benzene rings is 1. The number of carbonyl (C=O) groups excluding carboxylic acids is 1. The molecule has 0 bridgehead atoms. The molecule has 0 heterocycles. The fourth-order valence-electron chi connectivity index (χ4n) is 4.41. The molecule has 0 aliphatic rings. The maximum atomic E-state index is 12.2. The molecule has 5 nitrogen and oxygen atoms in total. The normalized spacial score (nSPS) is 12.0. The van der Waals surface area contributed by atoms with Crippen LogP contribution in [0.15, 0.2) is 18.2 Å². The van der Waals surface area contributed by atoms with E-state index in [1.54, 1.807) is 13.2 Å². The number of carbonyl (C=O) groups is 1. The van der Waals surface area contributed by atoms with E-state index in [1.165, 1.54) is 83.5 Å². The molecule has 1 aromatic rings. The van der Waals surface area contributed by atoms with Crippen LogP contribution in [-0.2, 0) is 9.16 Å². The molecular weight excluding hydrogens is 538 g/mol. The lowest BCUT2D eigenvalue weighted by Crippen LogP contribution is -2.40. The first-order valence-electron chi connectivity index (χ1n) is 16.6. The van der Waals surface area contributed by atoms with Gasteiger partial charge in [-0.15, -0.1) is 0 Å². The fraction of sp³-hybridized carbons (Fsp3) is 0.750. The second-order valence-electron chi connectivity index (χ2n) is 14.1. The molecule has 1 N–H and O–H groups in total. The summed E-state index contributed by atoms with van der Waals surface area (Å²) < 4.78 is 17.0. The van der Waals surface area contributed by atoms with Gasteiger partial charge in [0, 0.05) is 13.0 Å². The summed E-state index contributed by atoms with van der Waals surface area (Å²) in [6, 6.07) is 5.47. The lowest BCUT2D eigenvalue weighted by Gasteiger charge is -2.36. The van der Waals surface area contributed by atoms with E-state index in [1.807, 2.05) is 32.9 Å². The molecule has 1 amide bonds. The largest absolute Gasteiger partial charge is 0.497 e. The molecule has 0 spiro atoms. The zero-order valence-corrected chi connectivity index (χ0v) is 29.7. The second-order valence-corrected chi connectivity index (χ2v) is 19.0. The van der Waals surface area contributed by atoms with E-state index >= 15 is 0 Å². The number of methoxy groups -OCH3 is 1. The molecule has 0 unspecified atom stereocenters. The van der Waals surface area contributed by atoms with Crippen LogP contribution in [0.3, 0.4) is 0 Å². The van der Waals surface area contributed by atoms with E-state index in [4.69, 9.17) is 13.9 Å². The van der Waals surface area contributed by atoms with Gasteiger partial charge in [0.1, 0.15) is 11.4 Å². The van der Waals surface area contributed by atoms with Gasteiger partial charge >= 0.3 is 6.09 Å². The maximum Gasteiger partial charge on any atom is 0.412 e. The Morgan fingerprint density at radius 2 is 1.29 bits per heavy atom. The average Bonchev–Trinajstić information content (AvgIpc) is 2.89. The topological polar surface area (TPSA) is 56.8 Å². The van der Waals surface area contributed by atoms with E-state index in [-0.39, 0.29) is 0 Å². The Kier molecular flexibility index (Phi) is 18.2. The molecule has 0 aliphatic heterocycles. The van der Waals surface area contributed by atoms with Crippen LogP contribution in [0.5, 0.6) is 5.75 Å². The Morgan fingerprint density at radius 1 is 0.786 bits per heavy atom. The molecule has 1 aromatic carbocycles. The van der Waals surface area contributed by atoms with E-state index < -0.39 is 20.0 Å². The van der Waals surface area contributed by atoms with Crippen LogP contribution in [0.4, 0.5) is 10.5 Å². The molecule has 240 valence electrons. The van der Waals surface area contributed by atoms with Crippen molar-refractivity contribution in [3.05, 3.63) is 23.8 Å². The van der Waals surface area contributed by atoms with E-state index in [0.717, 1.165) is 25.0 Å². The molecule has 0 fully saturated rings. The quantitative estimate of drug-likeness (QED) is 0.0973. The monoisotopic (exact) mass is 601 g/mol. The van der Waals surface area contributed by atoms with Gasteiger partial charge in [-0.1, -0.05) is 110 Å². The summed E-state index contributed by atoms with van der Waals surface area (Å²) in [5.74, 6) is 7.20. The molecule has 0 aromatic heterocycles. The summed E-state index contributed by atoms with van der Waals surface area (Å²) in [5, 5.41) is 3.13. The third kappa shape index (κ3) is 17.9. The maximum absolute atomic E-state index is 12.2. The Bertz CT molecular complexity index is 950. The minimum Gasteiger partial charge on any atom is -0.497 e. The molecule has 0 radical (unpaired) electrons. The van der Waals surface area contributed by atoms with Gasteiger partial charge < -0.3 is 13.9 Å². The lowest BCUT2D eigenvalue weighted by atomic mass is 10.0. The summed E-state index contributed by atoms with van der Waals surface area (Å²) in [7, 11) is 0.0644. The SMILES string of the molecule is COc1ccc(NC(=O)OC(C)(C)C)c(C#CCCCCCCCCCCCCCCCCO[Si](C)(C)C(C)(C)C)c1.